The first kappa shape index (κ1) is 10.7. The normalized spacial score (nSPS) is 12.6. The minimum atomic E-state index is -0.369. The summed E-state index contributed by atoms with van der Waals surface area (Å²) in [6.45, 7) is 1.72. The molecule has 16 heavy (non-hydrogen) atoms. The maximum atomic E-state index is 9.13. The molecule has 0 aliphatic rings. The molecular weight excluding hydrogens is 208 g/mol. The molecule has 0 amide bonds. The van der Waals surface area contributed by atoms with Gasteiger partial charge in [0.25, 0.3) is 0 Å². The first-order chi connectivity index (χ1) is 7.75. The minimum absolute atomic E-state index is 0.369. The van der Waals surface area contributed by atoms with Gasteiger partial charge in [0, 0.05) is 18.8 Å². The molecule has 2 heterocycles. The maximum Gasteiger partial charge on any atom is 0.227 e. The number of aryl methyl sites for hydroxylation is 1. The highest BCUT2D eigenvalue weighted by Crippen LogP contribution is 2.12. The van der Waals surface area contributed by atoms with Crippen molar-refractivity contribution >= 4 is 0 Å². The number of nitrogens with zero attached hydrogens (tertiary/aromatic N) is 4. The van der Waals surface area contributed by atoms with Crippen LogP contribution in [0.1, 0.15) is 19.2 Å². The van der Waals surface area contributed by atoms with E-state index in [4.69, 9.17) is 9.63 Å². The van der Waals surface area contributed by atoms with Gasteiger partial charge in [-0.2, -0.15) is 4.98 Å². The molecule has 0 saturated heterocycles. The third-order valence-electron chi connectivity index (χ3n) is 2.04. The standard InChI is InChI=1S/C10H12N4O2/c1-7(15)2-3-9-13-10(14-16-9)8-6-11-4-5-12-8/h4-7,15H,2-3H2,1H3. The quantitative estimate of drug-likeness (QED) is 0.821. The van der Waals surface area contributed by atoms with Crippen LogP contribution in [0, 0.1) is 0 Å². The summed E-state index contributed by atoms with van der Waals surface area (Å²) in [5.41, 5.74) is 0.578. The fourth-order valence-electron chi connectivity index (χ4n) is 1.21. The first-order valence-corrected chi connectivity index (χ1v) is 5.03. The Balaban J connectivity index is 2.08. The molecule has 1 atom stereocenters. The van der Waals surface area contributed by atoms with E-state index in [0.717, 1.165) is 0 Å². The summed E-state index contributed by atoms with van der Waals surface area (Å²) in [7, 11) is 0. The van der Waals surface area contributed by atoms with Gasteiger partial charge >= 0.3 is 0 Å². The van der Waals surface area contributed by atoms with Gasteiger partial charge in [0.1, 0.15) is 5.69 Å². The molecule has 0 fully saturated rings. The Kier molecular flexibility index (Phi) is 3.21. The molecule has 0 aromatic carbocycles. The highest BCUT2D eigenvalue weighted by atomic mass is 16.5. The van der Waals surface area contributed by atoms with Crippen LogP contribution < -0.4 is 0 Å². The number of aliphatic hydroxyl groups is 1. The Morgan fingerprint density at radius 3 is 3.00 bits per heavy atom. The summed E-state index contributed by atoms with van der Waals surface area (Å²) in [6.07, 6.45) is 5.52. The van der Waals surface area contributed by atoms with Gasteiger partial charge in [-0.15, -0.1) is 0 Å². The van der Waals surface area contributed by atoms with Crippen LogP contribution in [0.25, 0.3) is 11.5 Å². The predicted octanol–water partition coefficient (Wildman–Crippen LogP) is 0.840. The molecule has 1 N–H and O–H groups in total. The molecule has 2 aromatic heterocycles. The Labute approximate surface area is 92.4 Å². The molecule has 0 bridgehead atoms. The molecular formula is C10H12N4O2. The van der Waals surface area contributed by atoms with Crippen molar-refractivity contribution in [2.75, 3.05) is 0 Å². The molecule has 0 saturated carbocycles. The van der Waals surface area contributed by atoms with Gasteiger partial charge in [0.2, 0.25) is 11.7 Å². The van der Waals surface area contributed by atoms with E-state index in [1.807, 2.05) is 0 Å². The summed E-state index contributed by atoms with van der Waals surface area (Å²) < 4.78 is 5.03. The second kappa shape index (κ2) is 4.80. The average molecular weight is 220 g/mol. The zero-order valence-electron chi connectivity index (χ0n) is 8.87. The Morgan fingerprint density at radius 1 is 1.44 bits per heavy atom. The molecule has 0 spiro atoms. The second-order valence-electron chi connectivity index (χ2n) is 3.49. The zero-order chi connectivity index (χ0) is 11.4. The van der Waals surface area contributed by atoms with Gasteiger partial charge in [0.05, 0.1) is 12.3 Å². The van der Waals surface area contributed by atoms with Crippen molar-refractivity contribution < 1.29 is 9.63 Å². The molecule has 2 rings (SSSR count). The summed E-state index contributed by atoms with van der Waals surface area (Å²) in [5, 5.41) is 12.9. The highest BCUT2D eigenvalue weighted by Gasteiger charge is 2.10. The van der Waals surface area contributed by atoms with Crippen LogP contribution in [-0.2, 0) is 6.42 Å². The van der Waals surface area contributed by atoms with E-state index in [-0.39, 0.29) is 6.10 Å². The lowest BCUT2D eigenvalue weighted by Gasteiger charge is -1.98. The Morgan fingerprint density at radius 2 is 2.31 bits per heavy atom. The van der Waals surface area contributed by atoms with Gasteiger partial charge in [-0.1, -0.05) is 5.16 Å². The predicted molar refractivity (Wildman–Crippen MR) is 55.3 cm³/mol. The number of rotatable bonds is 4. The van der Waals surface area contributed by atoms with Crippen LogP contribution in [0.15, 0.2) is 23.1 Å². The van der Waals surface area contributed by atoms with Crippen molar-refractivity contribution in [2.45, 2.75) is 25.9 Å². The van der Waals surface area contributed by atoms with E-state index < -0.39 is 0 Å². The van der Waals surface area contributed by atoms with E-state index >= 15 is 0 Å². The molecule has 0 aliphatic carbocycles. The van der Waals surface area contributed by atoms with Crippen LogP contribution >= 0.6 is 0 Å². The van der Waals surface area contributed by atoms with Gasteiger partial charge in [-0.3, -0.25) is 4.98 Å². The van der Waals surface area contributed by atoms with E-state index in [9.17, 15) is 0 Å². The van der Waals surface area contributed by atoms with Crippen molar-refractivity contribution in [2.24, 2.45) is 0 Å². The van der Waals surface area contributed by atoms with E-state index in [1.54, 1.807) is 25.5 Å². The largest absolute Gasteiger partial charge is 0.393 e. The van der Waals surface area contributed by atoms with E-state index in [2.05, 4.69) is 20.1 Å². The zero-order valence-corrected chi connectivity index (χ0v) is 8.87. The van der Waals surface area contributed by atoms with Crippen molar-refractivity contribution in [3.05, 3.63) is 24.5 Å². The van der Waals surface area contributed by atoms with Gasteiger partial charge < -0.3 is 9.63 Å². The van der Waals surface area contributed by atoms with Crippen molar-refractivity contribution in [1.29, 1.82) is 0 Å². The summed E-state index contributed by atoms with van der Waals surface area (Å²) in [5.74, 6) is 0.926. The van der Waals surface area contributed by atoms with Crippen LogP contribution in [0.2, 0.25) is 0 Å². The minimum Gasteiger partial charge on any atom is -0.393 e. The van der Waals surface area contributed by atoms with Crippen LogP contribution in [0.4, 0.5) is 0 Å². The third-order valence-corrected chi connectivity index (χ3v) is 2.04. The van der Waals surface area contributed by atoms with E-state index in [0.29, 0.717) is 30.3 Å². The lowest BCUT2D eigenvalue weighted by atomic mass is 10.2. The van der Waals surface area contributed by atoms with Gasteiger partial charge in [-0.25, -0.2) is 4.98 Å². The third kappa shape index (κ3) is 2.60. The Bertz CT molecular complexity index is 441. The Hall–Kier alpha value is -1.82. The summed E-state index contributed by atoms with van der Waals surface area (Å²) >= 11 is 0. The SMILES string of the molecule is CC(O)CCc1nc(-c2cnccn2)no1. The molecule has 6 heteroatoms. The first-order valence-electron chi connectivity index (χ1n) is 5.03. The van der Waals surface area contributed by atoms with Crippen LogP contribution in [0.3, 0.4) is 0 Å². The molecule has 1 unspecified atom stereocenters. The maximum absolute atomic E-state index is 9.13. The lowest BCUT2D eigenvalue weighted by Crippen LogP contribution is -2.01. The highest BCUT2D eigenvalue weighted by molar-refractivity contribution is 5.45. The second-order valence-corrected chi connectivity index (χ2v) is 3.49. The molecule has 6 nitrogen and oxygen atoms in total. The van der Waals surface area contributed by atoms with Crippen molar-refractivity contribution in [1.82, 2.24) is 20.1 Å². The molecule has 0 radical (unpaired) electrons. The number of hydrogen-bond donors (Lipinski definition) is 1. The lowest BCUT2D eigenvalue weighted by molar-refractivity contribution is 0.180. The number of aromatic nitrogens is 4. The fraction of sp³-hybridized carbons (Fsp3) is 0.400. The topological polar surface area (TPSA) is 84.9 Å². The monoisotopic (exact) mass is 220 g/mol. The average Bonchev–Trinajstić information content (AvgIpc) is 2.76. The van der Waals surface area contributed by atoms with Gasteiger partial charge in [0.15, 0.2) is 0 Å². The van der Waals surface area contributed by atoms with Crippen molar-refractivity contribution in [3.63, 3.8) is 0 Å². The summed E-state index contributed by atoms with van der Waals surface area (Å²) in [6, 6.07) is 0. The number of hydrogen-bond acceptors (Lipinski definition) is 6. The smallest absolute Gasteiger partial charge is 0.227 e. The molecule has 84 valence electrons. The van der Waals surface area contributed by atoms with Crippen LogP contribution in [0.5, 0.6) is 0 Å². The molecule has 0 aliphatic heterocycles. The van der Waals surface area contributed by atoms with Crippen LogP contribution in [-0.4, -0.2) is 31.3 Å². The van der Waals surface area contributed by atoms with E-state index in [1.165, 1.54) is 0 Å². The fourth-order valence-corrected chi connectivity index (χ4v) is 1.21. The van der Waals surface area contributed by atoms with Gasteiger partial charge in [-0.05, 0) is 13.3 Å². The number of aliphatic hydroxyl groups excluding tert-OH is 1. The summed E-state index contributed by atoms with van der Waals surface area (Å²) in [4.78, 5) is 12.1. The van der Waals surface area contributed by atoms with Crippen molar-refractivity contribution in [3.8, 4) is 11.5 Å². The molecule has 2 aromatic rings.